The van der Waals surface area contributed by atoms with Crippen molar-refractivity contribution >= 4 is 0 Å². The maximum atomic E-state index is 5.61. The predicted octanol–water partition coefficient (Wildman–Crippen LogP) is 2.47. The summed E-state index contributed by atoms with van der Waals surface area (Å²) in [7, 11) is 1.67. The van der Waals surface area contributed by atoms with E-state index in [1.165, 1.54) is 0 Å². The van der Waals surface area contributed by atoms with Crippen molar-refractivity contribution in [1.82, 2.24) is 0 Å². The highest BCUT2D eigenvalue weighted by Crippen LogP contribution is 2.26. The summed E-state index contributed by atoms with van der Waals surface area (Å²) in [6, 6.07) is 11.8. The molecule has 1 aromatic carbocycles. The highest BCUT2D eigenvalue weighted by molar-refractivity contribution is 5.29. The number of benzene rings is 1. The fraction of sp³-hybridized carbons (Fsp3) is 0.231. The molecule has 2 N–H and O–H groups in total. The summed E-state index contributed by atoms with van der Waals surface area (Å²) in [6.07, 6.45) is 1.48. The predicted molar refractivity (Wildman–Crippen MR) is 61.9 cm³/mol. The van der Waals surface area contributed by atoms with Gasteiger partial charge in [0.25, 0.3) is 0 Å². The first-order valence-corrected chi connectivity index (χ1v) is 5.20. The number of ether oxygens (including phenoxy) is 1. The van der Waals surface area contributed by atoms with Gasteiger partial charge in [0.2, 0.25) is 0 Å². The maximum Gasteiger partial charge on any atom is 0.140 e. The third-order valence-electron chi connectivity index (χ3n) is 2.53. The van der Waals surface area contributed by atoms with Crippen LogP contribution in [0, 0.1) is 0 Å². The molecule has 2 aromatic rings. The quantitative estimate of drug-likeness (QED) is 0.855. The average Bonchev–Trinajstić information content (AvgIpc) is 2.84. The van der Waals surface area contributed by atoms with Crippen molar-refractivity contribution in [1.29, 1.82) is 0 Å². The van der Waals surface area contributed by atoms with Crippen LogP contribution in [0.3, 0.4) is 0 Å². The lowest BCUT2D eigenvalue weighted by molar-refractivity contribution is 0.116. The normalized spacial score (nSPS) is 12.6. The monoisotopic (exact) mass is 217 g/mol. The molecule has 0 fully saturated rings. The van der Waals surface area contributed by atoms with E-state index in [1.807, 2.05) is 36.4 Å². The van der Waals surface area contributed by atoms with Crippen molar-refractivity contribution < 1.29 is 9.15 Å². The summed E-state index contributed by atoms with van der Waals surface area (Å²) >= 11 is 0. The van der Waals surface area contributed by atoms with Gasteiger partial charge >= 0.3 is 0 Å². The van der Waals surface area contributed by atoms with E-state index in [1.54, 1.807) is 13.4 Å². The Morgan fingerprint density at radius 1 is 1.31 bits per heavy atom. The van der Waals surface area contributed by atoms with Gasteiger partial charge in [0.15, 0.2) is 0 Å². The number of hydrogen-bond acceptors (Lipinski definition) is 3. The molecule has 0 saturated carbocycles. The van der Waals surface area contributed by atoms with Crippen molar-refractivity contribution in [3.8, 4) is 0 Å². The van der Waals surface area contributed by atoms with E-state index in [0.29, 0.717) is 6.54 Å². The zero-order chi connectivity index (χ0) is 11.4. The molecule has 0 spiro atoms. The summed E-state index contributed by atoms with van der Waals surface area (Å²) in [5, 5.41) is 0. The van der Waals surface area contributed by atoms with E-state index < -0.39 is 0 Å². The SMILES string of the molecule is COC(c1cccc(CN)c1)c1ccco1. The first kappa shape index (κ1) is 10.9. The molecule has 0 bridgehead atoms. The van der Waals surface area contributed by atoms with Crippen LogP contribution >= 0.6 is 0 Å². The Labute approximate surface area is 94.8 Å². The van der Waals surface area contributed by atoms with Gasteiger partial charge in [0, 0.05) is 13.7 Å². The van der Waals surface area contributed by atoms with Crippen LogP contribution in [0.25, 0.3) is 0 Å². The first-order chi connectivity index (χ1) is 7.85. The highest BCUT2D eigenvalue weighted by Gasteiger charge is 2.15. The van der Waals surface area contributed by atoms with Gasteiger partial charge in [0.05, 0.1) is 6.26 Å². The van der Waals surface area contributed by atoms with Gasteiger partial charge in [-0.2, -0.15) is 0 Å². The molecular weight excluding hydrogens is 202 g/mol. The van der Waals surface area contributed by atoms with Crippen LogP contribution in [0.1, 0.15) is 23.0 Å². The molecule has 0 aliphatic heterocycles. The second-order valence-electron chi connectivity index (χ2n) is 3.58. The zero-order valence-electron chi connectivity index (χ0n) is 9.22. The molecule has 0 aliphatic rings. The third-order valence-corrected chi connectivity index (χ3v) is 2.53. The van der Waals surface area contributed by atoms with Crippen LogP contribution in [0.2, 0.25) is 0 Å². The molecule has 1 atom stereocenters. The standard InChI is InChI=1S/C13H15NO2/c1-15-13(12-6-3-7-16-12)11-5-2-4-10(8-11)9-14/h2-8,13H,9,14H2,1H3. The summed E-state index contributed by atoms with van der Waals surface area (Å²) in [5.41, 5.74) is 7.76. The smallest absolute Gasteiger partial charge is 0.140 e. The molecule has 1 aromatic heterocycles. The number of methoxy groups -OCH3 is 1. The Kier molecular flexibility index (Phi) is 3.39. The molecule has 0 aliphatic carbocycles. The minimum absolute atomic E-state index is 0.165. The maximum absolute atomic E-state index is 5.61. The number of nitrogens with two attached hydrogens (primary N) is 1. The Balaban J connectivity index is 2.33. The van der Waals surface area contributed by atoms with Crippen LogP contribution in [0.4, 0.5) is 0 Å². The highest BCUT2D eigenvalue weighted by atomic mass is 16.5. The molecule has 3 heteroatoms. The first-order valence-electron chi connectivity index (χ1n) is 5.20. The lowest BCUT2D eigenvalue weighted by Crippen LogP contribution is -2.04. The van der Waals surface area contributed by atoms with Crippen molar-refractivity contribution in [2.75, 3.05) is 7.11 Å². The van der Waals surface area contributed by atoms with Gasteiger partial charge in [-0.3, -0.25) is 0 Å². The van der Waals surface area contributed by atoms with Crippen LogP contribution in [-0.4, -0.2) is 7.11 Å². The molecule has 2 rings (SSSR count). The van der Waals surface area contributed by atoms with E-state index in [-0.39, 0.29) is 6.10 Å². The van der Waals surface area contributed by atoms with Crippen molar-refractivity contribution in [3.05, 3.63) is 59.5 Å². The van der Waals surface area contributed by atoms with E-state index >= 15 is 0 Å². The minimum Gasteiger partial charge on any atom is -0.466 e. The second-order valence-corrected chi connectivity index (χ2v) is 3.58. The Hall–Kier alpha value is -1.58. The molecular formula is C13H15NO2. The van der Waals surface area contributed by atoms with Gasteiger partial charge in [-0.05, 0) is 23.3 Å². The summed E-state index contributed by atoms with van der Waals surface area (Å²) < 4.78 is 10.8. The van der Waals surface area contributed by atoms with Crippen LogP contribution in [0.5, 0.6) is 0 Å². The Morgan fingerprint density at radius 2 is 2.19 bits per heavy atom. The van der Waals surface area contributed by atoms with E-state index in [4.69, 9.17) is 14.9 Å². The third kappa shape index (κ3) is 2.15. The molecule has 3 nitrogen and oxygen atoms in total. The fourth-order valence-electron chi connectivity index (χ4n) is 1.74. The lowest BCUT2D eigenvalue weighted by atomic mass is 10.0. The summed E-state index contributed by atoms with van der Waals surface area (Å²) in [6.45, 7) is 0.530. The van der Waals surface area contributed by atoms with Crippen molar-refractivity contribution in [2.24, 2.45) is 5.73 Å². The summed E-state index contributed by atoms with van der Waals surface area (Å²) in [4.78, 5) is 0. The molecule has 16 heavy (non-hydrogen) atoms. The van der Waals surface area contributed by atoms with E-state index in [0.717, 1.165) is 16.9 Å². The Bertz CT molecular complexity index is 437. The second kappa shape index (κ2) is 4.96. The number of furan rings is 1. The molecule has 0 saturated heterocycles. The largest absolute Gasteiger partial charge is 0.466 e. The van der Waals surface area contributed by atoms with Gasteiger partial charge in [-0.15, -0.1) is 0 Å². The van der Waals surface area contributed by atoms with Gasteiger partial charge in [-0.1, -0.05) is 24.3 Å². The zero-order valence-corrected chi connectivity index (χ0v) is 9.22. The topological polar surface area (TPSA) is 48.4 Å². The van der Waals surface area contributed by atoms with Crippen molar-refractivity contribution in [3.63, 3.8) is 0 Å². The molecule has 84 valence electrons. The van der Waals surface area contributed by atoms with E-state index in [2.05, 4.69) is 0 Å². The molecule has 0 radical (unpaired) electrons. The van der Waals surface area contributed by atoms with Crippen LogP contribution < -0.4 is 5.73 Å². The molecule has 0 amide bonds. The van der Waals surface area contributed by atoms with E-state index in [9.17, 15) is 0 Å². The van der Waals surface area contributed by atoms with Crippen molar-refractivity contribution in [2.45, 2.75) is 12.6 Å². The summed E-state index contributed by atoms with van der Waals surface area (Å²) in [5.74, 6) is 0.802. The fourth-order valence-corrected chi connectivity index (χ4v) is 1.74. The van der Waals surface area contributed by atoms with Crippen LogP contribution in [-0.2, 0) is 11.3 Å². The Morgan fingerprint density at radius 3 is 2.81 bits per heavy atom. The van der Waals surface area contributed by atoms with Gasteiger partial charge in [-0.25, -0.2) is 0 Å². The number of hydrogen-bond donors (Lipinski definition) is 1. The lowest BCUT2D eigenvalue weighted by Gasteiger charge is -2.13. The van der Waals surface area contributed by atoms with Gasteiger partial charge in [0.1, 0.15) is 11.9 Å². The minimum atomic E-state index is -0.165. The average molecular weight is 217 g/mol. The van der Waals surface area contributed by atoms with Crippen LogP contribution in [0.15, 0.2) is 47.1 Å². The molecule has 1 heterocycles. The van der Waals surface area contributed by atoms with Gasteiger partial charge < -0.3 is 14.9 Å². The molecule has 1 unspecified atom stereocenters. The number of rotatable bonds is 4.